The van der Waals surface area contributed by atoms with Gasteiger partial charge in [0.05, 0.1) is 17.6 Å². The molecule has 1 aromatic heterocycles. The summed E-state index contributed by atoms with van der Waals surface area (Å²) in [5, 5.41) is 20.2. The number of benzene rings is 2. The molecule has 4 nitrogen and oxygen atoms in total. The van der Waals surface area contributed by atoms with E-state index in [-0.39, 0.29) is 11.1 Å². The van der Waals surface area contributed by atoms with Crippen molar-refractivity contribution in [2.75, 3.05) is 0 Å². The van der Waals surface area contributed by atoms with Crippen LogP contribution < -0.4 is 5.11 Å². The predicted octanol–water partition coefficient (Wildman–Crippen LogP) is 3.51. The van der Waals surface area contributed by atoms with Gasteiger partial charge in [0.15, 0.2) is 0 Å². The van der Waals surface area contributed by atoms with E-state index in [0.29, 0.717) is 22.6 Å². The van der Waals surface area contributed by atoms with Crippen LogP contribution in [0, 0.1) is 17.1 Å². The van der Waals surface area contributed by atoms with Gasteiger partial charge in [-0.3, -0.25) is 0 Å². The summed E-state index contributed by atoms with van der Waals surface area (Å²) in [7, 11) is 0. The summed E-state index contributed by atoms with van der Waals surface area (Å²) in [6, 6.07) is 17.2. The van der Waals surface area contributed by atoms with Crippen molar-refractivity contribution in [2.45, 2.75) is 0 Å². The van der Waals surface area contributed by atoms with Gasteiger partial charge in [0.2, 0.25) is 0 Å². The van der Waals surface area contributed by atoms with E-state index in [1.165, 1.54) is 36.4 Å². The van der Waals surface area contributed by atoms with Gasteiger partial charge in [-0.2, -0.15) is 5.26 Å². The van der Waals surface area contributed by atoms with Crippen LogP contribution in [0.3, 0.4) is 0 Å². The van der Waals surface area contributed by atoms with Gasteiger partial charge in [-0.1, -0.05) is 30.3 Å². The van der Waals surface area contributed by atoms with E-state index in [1.54, 1.807) is 30.3 Å². The van der Waals surface area contributed by atoms with Crippen molar-refractivity contribution >= 4 is 17.6 Å². The van der Waals surface area contributed by atoms with Crippen molar-refractivity contribution in [1.29, 1.82) is 5.26 Å². The van der Waals surface area contributed by atoms with Crippen molar-refractivity contribution in [3.8, 4) is 17.4 Å². The van der Waals surface area contributed by atoms with E-state index >= 15 is 0 Å². The first-order valence-electron chi connectivity index (χ1n) is 7.36. The summed E-state index contributed by atoms with van der Waals surface area (Å²) < 4.78 is 19.0. The maximum absolute atomic E-state index is 13.3. The number of hydrogen-bond donors (Lipinski definition) is 0. The minimum Gasteiger partial charge on any atom is -0.545 e. The quantitative estimate of drug-likeness (QED) is 0.685. The van der Waals surface area contributed by atoms with Crippen LogP contribution in [0.15, 0.2) is 65.1 Å². The van der Waals surface area contributed by atoms with E-state index in [9.17, 15) is 19.6 Å². The number of allylic oxidation sites excluding steroid dienone is 1. The van der Waals surface area contributed by atoms with E-state index in [1.807, 2.05) is 6.07 Å². The second-order valence-corrected chi connectivity index (χ2v) is 5.25. The first-order chi connectivity index (χ1) is 12.1. The zero-order chi connectivity index (χ0) is 17.8. The number of carboxylic acids is 1. The molecule has 0 bridgehead atoms. The minimum absolute atomic E-state index is 0.0449. The van der Waals surface area contributed by atoms with Crippen molar-refractivity contribution in [3.05, 3.63) is 83.4 Å². The summed E-state index contributed by atoms with van der Waals surface area (Å²) in [6.07, 6.45) is 1.50. The normalized spacial score (nSPS) is 11.1. The highest BCUT2D eigenvalue weighted by Crippen LogP contribution is 2.26. The molecule has 0 spiro atoms. The maximum Gasteiger partial charge on any atom is 0.134 e. The number of nitriles is 1. The standard InChI is InChI=1S/C20H12FNO3/c21-17-6-2-3-13(10-17)16(12-22)11-18-7-8-19(25-18)14-4-1-5-15(9-14)20(23)24/h1-11H,(H,23,24)/p-1/b16-11-. The molecule has 5 heteroatoms. The summed E-state index contributed by atoms with van der Waals surface area (Å²) in [5.41, 5.74) is 1.32. The van der Waals surface area contributed by atoms with Crippen LogP contribution in [0.2, 0.25) is 0 Å². The number of aromatic carboxylic acids is 1. The van der Waals surface area contributed by atoms with Crippen molar-refractivity contribution in [2.24, 2.45) is 0 Å². The largest absolute Gasteiger partial charge is 0.545 e. The van der Waals surface area contributed by atoms with Crippen LogP contribution >= 0.6 is 0 Å². The summed E-state index contributed by atoms with van der Waals surface area (Å²) in [6.45, 7) is 0. The van der Waals surface area contributed by atoms with Gasteiger partial charge in [-0.05, 0) is 47.5 Å². The first kappa shape index (κ1) is 16.2. The number of carbonyl (C=O) groups excluding carboxylic acids is 1. The Morgan fingerprint density at radius 2 is 1.84 bits per heavy atom. The fourth-order valence-corrected chi connectivity index (χ4v) is 2.36. The maximum atomic E-state index is 13.3. The number of nitrogens with zero attached hydrogens (tertiary/aromatic N) is 1. The summed E-state index contributed by atoms with van der Waals surface area (Å²) >= 11 is 0. The third-order valence-corrected chi connectivity index (χ3v) is 3.55. The average molecular weight is 332 g/mol. The molecular formula is C20H11FNO3-. The molecule has 0 N–H and O–H groups in total. The zero-order valence-corrected chi connectivity index (χ0v) is 12.9. The lowest BCUT2D eigenvalue weighted by Gasteiger charge is -2.03. The van der Waals surface area contributed by atoms with Gasteiger partial charge in [-0.15, -0.1) is 0 Å². The fourth-order valence-electron chi connectivity index (χ4n) is 2.36. The molecule has 122 valence electrons. The van der Waals surface area contributed by atoms with Crippen LogP contribution in [0.1, 0.15) is 21.7 Å². The Morgan fingerprint density at radius 1 is 1.08 bits per heavy atom. The molecule has 25 heavy (non-hydrogen) atoms. The highest BCUT2D eigenvalue weighted by molar-refractivity contribution is 5.89. The Balaban J connectivity index is 1.94. The average Bonchev–Trinajstić information content (AvgIpc) is 3.08. The Morgan fingerprint density at radius 3 is 2.56 bits per heavy atom. The van der Waals surface area contributed by atoms with Crippen LogP contribution in [0.25, 0.3) is 23.0 Å². The predicted molar refractivity (Wildman–Crippen MR) is 88.4 cm³/mol. The van der Waals surface area contributed by atoms with Gasteiger partial charge >= 0.3 is 0 Å². The van der Waals surface area contributed by atoms with E-state index < -0.39 is 11.8 Å². The van der Waals surface area contributed by atoms with Crippen LogP contribution in [0.5, 0.6) is 0 Å². The lowest BCUT2D eigenvalue weighted by molar-refractivity contribution is -0.255. The SMILES string of the molecule is N#C/C(=C/c1ccc(-c2cccc(C(=O)[O-])c2)o1)c1cccc(F)c1. The number of carboxylic acid groups (broad SMARTS) is 1. The third kappa shape index (κ3) is 3.65. The molecule has 1 heterocycles. The first-order valence-corrected chi connectivity index (χ1v) is 7.36. The van der Waals surface area contributed by atoms with Gasteiger partial charge in [0, 0.05) is 5.56 Å². The molecule has 0 saturated carbocycles. The molecular weight excluding hydrogens is 321 g/mol. The molecule has 0 aliphatic carbocycles. The molecule has 0 saturated heterocycles. The lowest BCUT2D eigenvalue weighted by Crippen LogP contribution is -2.22. The van der Waals surface area contributed by atoms with Gasteiger partial charge in [-0.25, -0.2) is 4.39 Å². The number of rotatable bonds is 4. The number of halogens is 1. The van der Waals surface area contributed by atoms with Crippen LogP contribution in [-0.2, 0) is 0 Å². The highest BCUT2D eigenvalue weighted by atomic mass is 19.1. The van der Waals surface area contributed by atoms with Crippen molar-refractivity contribution < 1.29 is 18.7 Å². The third-order valence-electron chi connectivity index (χ3n) is 3.55. The Labute approximate surface area is 143 Å². The number of carbonyl (C=O) groups is 1. The smallest absolute Gasteiger partial charge is 0.134 e. The Hall–Kier alpha value is -3.65. The minimum atomic E-state index is -1.27. The second-order valence-electron chi connectivity index (χ2n) is 5.25. The zero-order valence-electron chi connectivity index (χ0n) is 12.9. The molecule has 3 aromatic rings. The fraction of sp³-hybridized carbons (Fsp3) is 0. The van der Waals surface area contributed by atoms with Gasteiger partial charge in [0.25, 0.3) is 0 Å². The van der Waals surface area contributed by atoms with Crippen molar-refractivity contribution in [3.63, 3.8) is 0 Å². The molecule has 0 aliphatic heterocycles. The lowest BCUT2D eigenvalue weighted by atomic mass is 10.1. The van der Waals surface area contributed by atoms with Crippen LogP contribution in [0.4, 0.5) is 4.39 Å². The van der Waals surface area contributed by atoms with E-state index in [0.717, 1.165) is 0 Å². The molecule has 3 rings (SSSR count). The molecule has 0 aliphatic rings. The van der Waals surface area contributed by atoms with Crippen LogP contribution in [-0.4, -0.2) is 5.97 Å². The molecule has 0 unspecified atom stereocenters. The summed E-state index contributed by atoms with van der Waals surface area (Å²) in [4.78, 5) is 10.9. The number of furan rings is 1. The molecule has 0 atom stereocenters. The highest BCUT2D eigenvalue weighted by Gasteiger charge is 2.07. The molecule has 0 radical (unpaired) electrons. The van der Waals surface area contributed by atoms with E-state index in [2.05, 4.69) is 0 Å². The molecule has 0 fully saturated rings. The molecule has 2 aromatic carbocycles. The Bertz CT molecular complexity index is 1010. The van der Waals surface area contributed by atoms with Gasteiger partial charge in [0.1, 0.15) is 17.3 Å². The number of hydrogen-bond acceptors (Lipinski definition) is 4. The van der Waals surface area contributed by atoms with E-state index in [4.69, 9.17) is 4.42 Å². The topological polar surface area (TPSA) is 77.1 Å². The van der Waals surface area contributed by atoms with Crippen molar-refractivity contribution in [1.82, 2.24) is 0 Å². The second kappa shape index (κ2) is 6.85. The molecule has 0 amide bonds. The summed E-state index contributed by atoms with van der Waals surface area (Å²) in [5.74, 6) is -0.857. The monoisotopic (exact) mass is 332 g/mol. The Kier molecular flexibility index (Phi) is 4.44. The van der Waals surface area contributed by atoms with Gasteiger partial charge < -0.3 is 14.3 Å².